The molecule has 0 aromatic heterocycles. The lowest BCUT2D eigenvalue weighted by Gasteiger charge is -2.34. The van der Waals surface area contributed by atoms with Crippen molar-refractivity contribution in [3.63, 3.8) is 0 Å². The second-order valence-corrected chi connectivity index (χ2v) is 12.9. The number of nitrogens with zero attached hydrogens (tertiary/aromatic N) is 2. The largest absolute Gasteiger partial charge is 0.352 e. The molecule has 0 saturated carbocycles. The number of nitrogens with one attached hydrogen (secondary N) is 1. The molecule has 40 heavy (non-hydrogen) atoms. The van der Waals surface area contributed by atoms with Crippen molar-refractivity contribution in [1.82, 2.24) is 10.2 Å². The molecular formula is C29H32BrCl2N3O4S. The first-order valence-corrected chi connectivity index (χ1v) is 15.8. The molecule has 3 aromatic rings. The molecule has 0 aliphatic heterocycles. The molecule has 0 aliphatic carbocycles. The molecule has 0 bridgehead atoms. The van der Waals surface area contributed by atoms with E-state index < -0.39 is 28.5 Å². The third kappa shape index (κ3) is 7.78. The molecule has 2 amide bonds. The van der Waals surface area contributed by atoms with Gasteiger partial charge in [0.05, 0.1) is 10.6 Å². The predicted molar refractivity (Wildman–Crippen MR) is 164 cm³/mol. The Morgan fingerprint density at radius 2 is 1.55 bits per heavy atom. The summed E-state index contributed by atoms with van der Waals surface area (Å²) in [4.78, 5) is 28.9. The number of hydrogen-bond donors (Lipinski definition) is 1. The minimum atomic E-state index is -4.15. The molecule has 0 saturated heterocycles. The number of carbonyl (C=O) groups is 2. The van der Waals surface area contributed by atoms with E-state index in [9.17, 15) is 18.0 Å². The van der Waals surface area contributed by atoms with Gasteiger partial charge in [0.2, 0.25) is 11.8 Å². The predicted octanol–water partition coefficient (Wildman–Crippen LogP) is 6.67. The van der Waals surface area contributed by atoms with E-state index in [0.717, 1.165) is 4.31 Å². The third-order valence-corrected chi connectivity index (χ3v) is 9.47. The zero-order valence-corrected chi connectivity index (χ0v) is 26.4. The Morgan fingerprint density at radius 3 is 2.12 bits per heavy atom. The molecule has 7 nitrogen and oxygen atoms in total. The van der Waals surface area contributed by atoms with Crippen LogP contribution in [0.15, 0.2) is 82.2 Å². The number of amides is 2. The van der Waals surface area contributed by atoms with Crippen molar-refractivity contribution in [2.45, 2.75) is 57.1 Å². The lowest BCUT2D eigenvalue weighted by Crippen LogP contribution is -2.53. The summed E-state index contributed by atoms with van der Waals surface area (Å²) in [6.07, 6.45) is 0.997. The molecule has 0 spiro atoms. The summed E-state index contributed by atoms with van der Waals surface area (Å²) in [6, 6.07) is 18.6. The Morgan fingerprint density at radius 1 is 0.925 bits per heavy atom. The Hall–Kier alpha value is -2.59. The number of anilines is 1. The SMILES string of the molecule is CCC(C)NC(=O)C(CC)N(Cc1c(Cl)cccc1Cl)C(=O)CN(c1cccc(Br)c1)S(=O)(=O)c1ccccc1. The average molecular weight is 669 g/mol. The van der Waals surface area contributed by atoms with E-state index in [1.54, 1.807) is 67.6 Å². The van der Waals surface area contributed by atoms with Gasteiger partial charge in [-0.15, -0.1) is 0 Å². The van der Waals surface area contributed by atoms with Gasteiger partial charge in [0.1, 0.15) is 12.6 Å². The average Bonchev–Trinajstić information content (AvgIpc) is 2.93. The Labute approximate surface area is 254 Å². The molecular weight excluding hydrogens is 637 g/mol. The molecule has 1 N–H and O–H groups in total. The van der Waals surface area contributed by atoms with Gasteiger partial charge in [-0.25, -0.2) is 8.42 Å². The van der Waals surface area contributed by atoms with E-state index in [1.165, 1.54) is 17.0 Å². The highest BCUT2D eigenvalue weighted by Crippen LogP contribution is 2.29. The van der Waals surface area contributed by atoms with Crippen molar-refractivity contribution in [2.75, 3.05) is 10.8 Å². The second kappa shape index (κ2) is 14.3. The molecule has 3 rings (SSSR count). The van der Waals surface area contributed by atoms with E-state index in [0.29, 0.717) is 38.6 Å². The quantitative estimate of drug-likeness (QED) is 0.234. The first-order valence-electron chi connectivity index (χ1n) is 12.9. The summed E-state index contributed by atoms with van der Waals surface area (Å²) >= 11 is 16.3. The van der Waals surface area contributed by atoms with Gasteiger partial charge >= 0.3 is 0 Å². The van der Waals surface area contributed by atoms with Crippen molar-refractivity contribution in [3.8, 4) is 0 Å². The number of benzene rings is 3. The highest BCUT2D eigenvalue weighted by atomic mass is 79.9. The molecule has 0 heterocycles. The first-order chi connectivity index (χ1) is 19.0. The minimum Gasteiger partial charge on any atom is -0.352 e. The van der Waals surface area contributed by atoms with E-state index >= 15 is 0 Å². The molecule has 0 radical (unpaired) electrons. The van der Waals surface area contributed by atoms with Gasteiger partial charge in [-0.1, -0.05) is 83.3 Å². The van der Waals surface area contributed by atoms with Gasteiger partial charge in [-0.2, -0.15) is 0 Å². The summed E-state index contributed by atoms with van der Waals surface area (Å²) in [5.41, 5.74) is 0.758. The van der Waals surface area contributed by atoms with Crippen molar-refractivity contribution >= 4 is 66.7 Å². The van der Waals surface area contributed by atoms with Gasteiger partial charge in [0.25, 0.3) is 10.0 Å². The van der Waals surface area contributed by atoms with Crippen LogP contribution in [0.2, 0.25) is 10.0 Å². The fraction of sp³-hybridized carbons (Fsp3) is 0.310. The van der Waals surface area contributed by atoms with E-state index in [1.807, 2.05) is 13.8 Å². The fourth-order valence-electron chi connectivity index (χ4n) is 4.09. The van der Waals surface area contributed by atoms with Crippen LogP contribution >= 0.6 is 39.1 Å². The van der Waals surface area contributed by atoms with Crippen LogP contribution in [0.1, 0.15) is 39.2 Å². The smallest absolute Gasteiger partial charge is 0.264 e. The Kier molecular flexibility index (Phi) is 11.5. The van der Waals surface area contributed by atoms with E-state index in [4.69, 9.17) is 23.2 Å². The lowest BCUT2D eigenvalue weighted by molar-refractivity contribution is -0.140. The molecule has 3 aromatic carbocycles. The maximum atomic E-state index is 14.1. The number of rotatable bonds is 12. The van der Waals surface area contributed by atoms with Crippen LogP contribution in [0.5, 0.6) is 0 Å². The minimum absolute atomic E-state index is 0.0324. The topological polar surface area (TPSA) is 86.8 Å². The van der Waals surface area contributed by atoms with Gasteiger partial charge in [-0.05, 0) is 62.2 Å². The van der Waals surface area contributed by atoms with Crippen LogP contribution in [0.4, 0.5) is 5.69 Å². The number of halogens is 3. The summed E-state index contributed by atoms with van der Waals surface area (Å²) in [5, 5.41) is 3.62. The van der Waals surface area contributed by atoms with Crippen LogP contribution in [-0.2, 0) is 26.2 Å². The monoisotopic (exact) mass is 667 g/mol. The molecule has 0 fully saturated rings. The molecule has 2 atom stereocenters. The third-order valence-electron chi connectivity index (χ3n) is 6.48. The number of sulfonamides is 1. The van der Waals surface area contributed by atoms with Crippen LogP contribution in [0, 0.1) is 0 Å². The Bertz CT molecular complexity index is 1420. The molecule has 0 aliphatic rings. The number of hydrogen-bond acceptors (Lipinski definition) is 4. The van der Waals surface area contributed by atoms with Crippen molar-refractivity contribution in [3.05, 3.63) is 92.9 Å². The molecule has 11 heteroatoms. The van der Waals surface area contributed by atoms with Crippen molar-refractivity contribution < 1.29 is 18.0 Å². The van der Waals surface area contributed by atoms with Gasteiger partial charge in [0, 0.05) is 32.7 Å². The van der Waals surface area contributed by atoms with Crippen LogP contribution in [0.25, 0.3) is 0 Å². The van der Waals surface area contributed by atoms with Gasteiger partial charge < -0.3 is 10.2 Å². The number of carbonyl (C=O) groups excluding carboxylic acids is 2. The standard InChI is InChI=1S/C29H32BrCl2N3O4S/c1-4-20(3)33-29(37)27(5-2)34(18-24-25(31)15-10-16-26(24)32)28(36)19-35(22-12-9-11-21(30)17-22)40(38,39)23-13-7-6-8-14-23/h6-17,20,27H,4-5,18-19H2,1-3H3,(H,33,37). The second-order valence-electron chi connectivity index (χ2n) is 9.27. The normalized spacial score (nSPS) is 12.8. The Balaban J connectivity index is 2.09. The van der Waals surface area contributed by atoms with E-state index in [2.05, 4.69) is 21.2 Å². The summed E-state index contributed by atoms with van der Waals surface area (Å²) in [7, 11) is -4.15. The van der Waals surface area contributed by atoms with Crippen molar-refractivity contribution in [2.24, 2.45) is 0 Å². The van der Waals surface area contributed by atoms with Crippen LogP contribution < -0.4 is 9.62 Å². The zero-order chi connectivity index (χ0) is 29.4. The maximum Gasteiger partial charge on any atom is 0.264 e. The maximum absolute atomic E-state index is 14.1. The molecule has 214 valence electrons. The first kappa shape index (κ1) is 31.9. The van der Waals surface area contributed by atoms with E-state index in [-0.39, 0.29) is 23.4 Å². The van der Waals surface area contributed by atoms with Crippen molar-refractivity contribution in [1.29, 1.82) is 0 Å². The fourth-order valence-corrected chi connectivity index (χ4v) is 6.43. The summed E-state index contributed by atoms with van der Waals surface area (Å²) in [5.74, 6) is -0.921. The van der Waals surface area contributed by atoms with Gasteiger partial charge in [0.15, 0.2) is 0 Å². The van der Waals surface area contributed by atoms with Crippen LogP contribution in [-0.4, -0.2) is 43.8 Å². The summed E-state index contributed by atoms with van der Waals surface area (Å²) in [6.45, 7) is 4.98. The molecule has 2 unspecified atom stereocenters. The lowest BCUT2D eigenvalue weighted by atomic mass is 10.1. The highest BCUT2D eigenvalue weighted by Gasteiger charge is 2.34. The zero-order valence-electron chi connectivity index (χ0n) is 22.5. The summed E-state index contributed by atoms with van der Waals surface area (Å²) < 4.78 is 29.4. The van der Waals surface area contributed by atoms with Crippen LogP contribution in [0.3, 0.4) is 0 Å². The van der Waals surface area contributed by atoms with Gasteiger partial charge in [-0.3, -0.25) is 13.9 Å². The highest BCUT2D eigenvalue weighted by molar-refractivity contribution is 9.10.